The molecule has 0 aliphatic heterocycles. The van der Waals surface area contributed by atoms with Gasteiger partial charge in [-0.3, -0.25) is 9.69 Å². The van der Waals surface area contributed by atoms with Crippen LogP contribution in [-0.2, 0) is 11.3 Å². The van der Waals surface area contributed by atoms with Crippen LogP contribution in [0.5, 0.6) is 0 Å². The summed E-state index contributed by atoms with van der Waals surface area (Å²) in [5.41, 5.74) is 1.81. The van der Waals surface area contributed by atoms with Crippen LogP contribution in [0.1, 0.15) is 24.1 Å². The number of halogens is 2. The number of nitrogens with zero attached hydrogens (tertiary/aromatic N) is 1. The minimum atomic E-state index is -0.327. The van der Waals surface area contributed by atoms with Crippen molar-refractivity contribution in [3.05, 3.63) is 69.7 Å². The molecule has 2 aromatic carbocycles. The van der Waals surface area contributed by atoms with Gasteiger partial charge in [-0.25, -0.2) is 0 Å². The summed E-state index contributed by atoms with van der Waals surface area (Å²) >= 11 is 12.0. The van der Waals surface area contributed by atoms with Gasteiger partial charge in [-0.2, -0.15) is 0 Å². The SMILES string of the molecule is CCN(C)C(C(=O)NCc1ccc(Cl)cc1Cl)c1ccccc1. The van der Waals surface area contributed by atoms with Crippen LogP contribution in [0.3, 0.4) is 0 Å². The summed E-state index contributed by atoms with van der Waals surface area (Å²) in [4.78, 5) is 14.7. The molecule has 0 aliphatic carbocycles. The average Bonchev–Trinajstić information content (AvgIpc) is 2.55. The van der Waals surface area contributed by atoms with E-state index in [0.29, 0.717) is 16.6 Å². The van der Waals surface area contributed by atoms with E-state index in [9.17, 15) is 4.79 Å². The first-order chi connectivity index (χ1) is 11.0. The molecule has 1 amide bonds. The van der Waals surface area contributed by atoms with E-state index < -0.39 is 0 Å². The topological polar surface area (TPSA) is 32.3 Å². The van der Waals surface area contributed by atoms with Crippen LogP contribution in [0.4, 0.5) is 0 Å². The highest BCUT2D eigenvalue weighted by molar-refractivity contribution is 6.35. The molecule has 1 N–H and O–H groups in total. The molecule has 1 atom stereocenters. The van der Waals surface area contributed by atoms with Crippen LogP contribution in [-0.4, -0.2) is 24.4 Å². The Balaban J connectivity index is 2.12. The minimum Gasteiger partial charge on any atom is -0.350 e. The Labute approximate surface area is 147 Å². The Morgan fingerprint density at radius 2 is 1.87 bits per heavy atom. The predicted molar refractivity (Wildman–Crippen MR) is 95.8 cm³/mol. The molecule has 0 spiro atoms. The third-order valence-corrected chi connectivity index (χ3v) is 4.36. The van der Waals surface area contributed by atoms with Gasteiger partial charge < -0.3 is 5.32 Å². The number of rotatable bonds is 6. The summed E-state index contributed by atoms with van der Waals surface area (Å²) in [7, 11) is 1.94. The highest BCUT2D eigenvalue weighted by atomic mass is 35.5. The fourth-order valence-electron chi connectivity index (χ4n) is 2.37. The first kappa shape index (κ1) is 17.8. The molecule has 23 heavy (non-hydrogen) atoms. The monoisotopic (exact) mass is 350 g/mol. The van der Waals surface area contributed by atoms with E-state index in [2.05, 4.69) is 5.32 Å². The first-order valence-corrected chi connectivity index (χ1v) is 8.25. The number of hydrogen-bond acceptors (Lipinski definition) is 2. The smallest absolute Gasteiger partial charge is 0.242 e. The van der Waals surface area contributed by atoms with E-state index >= 15 is 0 Å². The number of amides is 1. The number of likely N-dealkylation sites (N-methyl/N-ethyl adjacent to an activating group) is 1. The van der Waals surface area contributed by atoms with Gasteiger partial charge in [0.15, 0.2) is 0 Å². The van der Waals surface area contributed by atoms with Gasteiger partial charge in [0.05, 0.1) is 0 Å². The third-order valence-electron chi connectivity index (χ3n) is 3.77. The van der Waals surface area contributed by atoms with Gasteiger partial charge in [0.25, 0.3) is 0 Å². The Kier molecular flexibility index (Phi) is 6.46. The van der Waals surface area contributed by atoms with Crippen molar-refractivity contribution in [3.8, 4) is 0 Å². The molecule has 0 aromatic heterocycles. The van der Waals surface area contributed by atoms with E-state index in [1.807, 2.05) is 55.3 Å². The van der Waals surface area contributed by atoms with E-state index in [4.69, 9.17) is 23.2 Å². The number of carbonyl (C=O) groups is 1. The molecule has 122 valence electrons. The second-order valence-electron chi connectivity index (χ2n) is 5.34. The molecule has 5 heteroatoms. The van der Waals surface area contributed by atoms with Gasteiger partial charge in [-0.1, -0.05) is 66.5 Å². The summed E-state index contributed by atoms with van der Waals surface area (Å²) in [5.74, 6) is -0.0495. The summed E-state index contributed by atoms with van der Waals surface area (Å²) in [6.07, 6.45) is 0. The first-order valence-electron chi connectivity index (χ1n) is 7.49. The molecule has 0 saturated heterocycles. The summed E-state index contributed by atoms with van der Waals surface area (Å²) in [6.45, 7) is 3.17. The summed E-state index contributed by atoms with van der Waals surface area (Å²) in [5, 5.41) is 4.10. The molecule has 0 fully saturated rings. The van der Waals surface area contributed by atoms with Crippen molar-refractivity contribution in [3.63, 3.8) is 0 Å². The molecule has 3 nitrogen and oxygen atoms in total. The van der Waals surface area contributed by atoms with Crippen LogP contribution in [0, 0.1) is 0 Å². The molecular weight excluding hydrogens is 331 g/mol. The third kappa shape index (κ3) is 4.71. The molecular formula is C18H20Cl2N2O. The van der Waals surface area contributed by atoms with Crippen LogP contribution in [0.25, 0.3) is 0 Å². The Hall–Kier alpha value is -1.55. The van der Waals surface area contributed by atoms with Gasteiger partial charge in [-0.15, -0.1) is 0 Å². The zero-order valence-corrected chi connectivity index (χ0v) is 14.7. The second-order valence-corrected chi connectivity index (χ2v) is 6.18. The Bertz CT molecular complexity index is 661. The minimum absolute atomic E-state index is 0.0495. The number of carbonyl (C=O) groups excluding carboxylic acids is 1. The van der Waals surface area contributed by atoms with Crippen molar-refractivity contribution in [2.24, 2.45) is 0 Å². The lowest BCUT2D eigenvalue weighted by Crippen LogP contribution is -2.38. The van der Waals surface area contributed by atoms with Crippen LogP contribution < -0.4 is 5.32 Å². The van der Waals surface area contributed by atoms with Gasteiger partial charge in [0.2, 0.25) is 5.91 Å². The van der Waals surface area contributed by atoms with Crippen molar-refractivity contribution in [1.82, 2.24) is 10.2 Å². The van der Waals surface area contributed by atoms with Gasteiger partial charge in [-0.05, 0) is 36.9 Å². The number of benzene rings is 2. The lowest BCUT2D eigenvalue weighted by molar-refractivity contribution is -0.126. The molecule has 0 saturated carbocycles. The molecule has 2 aromatic rings. The van der Waals surface area contributed by atoms with Crippen LogP contribution >= 0.6 is 23.2 Å². The molecule has 0 heterocycles. The van der Waals surface area contributed by atoms with E-state index in [1.54, 1.807) is 12.1 Å². The zero-order valence-electron chi connectivity index (χ0n) is 13.2. The quantitative estimate of drug-likeness (QED) is 0.842. The van der Waals surface area contributed by atoms with Crippen LogP contribution in [0.2, 0.25) is 10.0 Å². The zero-order chi connectivity index (χ0) is 16.8. The predicted octanol–water partition coefficient (Wildman–Crippen LogP) is 4.30. The van der Waals surface area contributed by atoms with E-state index in [-0.39, 0.29) is 11.9 Å². The van der Waals surface area contributed by atoms with E-state index in [1.165, 1.54) is 0 Å². The maximum Gasteiger partial charge on any atom is 0.242 e. The number of hydrogen-bond donors (Lipinski definition) is 1. The van der Waals surface area contributed by atoms with Crippen molar-refractivity contribution in [2.75, 3.05) is 13.6 Å². The van der Waals surface area contributed by atoms with Crippen molar-refractivity contribution in [2.45, 2.75) is 19.5 Å². The summed E-state index contributed by atoms with van der Waals surface area (Å²) < 4.78 is 0. The van der Waals surface area contributed by atoms with Crippen LogP contribution in [0.15, 0.2) is 48.5 Å². The Morgan fingerprint density at radius 1 is 1.17 bits per heavy atom. The lowest BCUT2D eigenvalue weighted by atomic mass is 10.0. The highest BCUT2D eigenvalue weighted by Gasteiger charge is 2.23. The summed E-state index contributed by atoms with van der Waals surface area (Å²) in [6, 6.07) is 14.7. The highest BCUT2D eigenvalue weighted by Crippen LogP contribution is 2.22. The molecule has 0 radical (unpaired) electrons. The lowest BCUT2D eigenvalue weighted by Gasteiger charge is -2.26. The normalized spacial score (nSPS) is 12.2. The maximum absolute atomic E-state index is 12.7. The largest absolute Gasteiger partial charge is 0.350 e. The van der Waals surface area contributed by atoms with Crippen molar-refractivity contribution < 1.29 is 4.79 Å². The van der Waals surface area contributed by atoms with Crippen molar-refractivity contribution in [1.29, 1.82) is 0 Å². The van der Waals surface area contributed by atoms with Crippen molar-refractivity contribution >= 4 is 29.1 Å². The second kappa shape index (κ2) is 8.34. The van der Waals surface area contributed by atoms with E-state index in [0.717, 1.165) is 17.7 Å². The molecule has 1 unspecified atom stereocenters. The van der Waals surface area contributed by atoms with Gasteiger partial charge in [0, 0.05) is 16.6 Å². The standard InChI is InChI=1S/C18H20Cl2N2O/c1-3-22(2)17(13-7-5-4-6-8-13)18(23)21-12-14-9-10-15(19)11-16(14)20/h4-11,17H,3,12H2,1-2H3,(H,21,23). The maximum atomic E-state index is 12.7. The molecule has 2 rings (SSSR count). The number of nitrogens with one attached hydrogen (secondary N) is 1. The van der Waals surface area contributed by atoms with Gasteiger partial charge in [0.1, 0.15) is 6.04 Å². The fraction of sp³-hybridized carbons (Fsp3) is 0.278. The molecule has 0 bridgehead atoms. The molecule has 0 aliphatic rings. The van der Waals surface area contributed by atoms with Gasteiger partial charge >= 0.3 is 0 Å². The average molecular weight is 351 g/mol. The fourth-order valence-corrected chi connectivity index (χ4v) is 2.84. The Morgan fingerprint density at radius 3 is 2.48 bits per heavy atom.